The van der Waals surface area contributed by atoms with Crippen LogP contribution in [0.4, 0.5) is 0 Å². The topological polar surface area (TPSA) is 63.0 Å². The molecule has 0 spiro atoms. The summed E-state index contributed by atoms with van der Waals surface area (Å²) in [5, 5.41) is 10.5. The Labute approximate surface area is 115 Å². The lowest BCUT2D eigenvalue weighted by Crippen LogP contribution is -2.22. The zero-order valence-electron chi connectivity index (χ0n) is 11.0. The average Bonchev–Trinajstić information content (AvgIpc) is 2.38. The molecular formula is C13H14N4OS. The first kappa shape index (κ1) is 13.4. The van der Waals surface area contributed by atoms with Crippen LogP contribution < -0.4 is 5.56 Å². The molecule has 98 valence electrons. The first-order valence-corrected chi connectivity index (χ1v) is 6.20. The molecule has 19 heavy (non-hydrogen) atoms. The van der Waals surface area contributed by atoms with Crippen molar-refractivity contribution in [1.29, 1.82) is 0 Å². The molecule has 2 aromatic rings. The SMILES string of the molecule is Cc1ccc(C)c(C=Nn2c(=S)[nH]nc(C)c2=O)c1. The van der Waals surface area contributed by atoms with Crippen LogP contribution in [0.2, 0.25) is 0 Å². The minimum atomic E-state index is -0.315. The number of H-pyrrole nitrogens is 1. The summed E-state index contributed by atoms with van der Waals surface area (Å²) in [7, 11) is 0. The molecule has 0 unspecified atom stereocenters. The maximum Gasteiger partial charge on any atom is 0.296 e. The quantitative estimate of drug-likeness (QED) is 0.674. The first-order chi connectivity index (χ1) is 8.99. The van der Waals surface area contributed by atoms with Gasteiger partial charge < -0.3 is 0 Å². The third-order valence-corrected chi connectivity index (χ3v) is 3.02. The van der Waals surface area contributed by atoms with Crippen LogP contribution in [0.3, 0.4) is 0 Å². The number of benzene rings is 1. The summed E-state index contributed by atoms with van der Waals surface area (Å²) < 4.78 is 1.32. The van der Waals surface area contributed by atoms with Gasteiger partial charge in [-0.15, -0.1) is 0 Å². The number of hydrogen-bond donors (Lipinski definition) is 1. The van der Waals surface area contributed by atoms with Gasteiger partial charge in [0, 0.05) is 0 Å². The third kappa shape index (κ3) is 2.85. The summed E-state index contributed by atoms with van der Waals surface area (Å²) in [5.41, 5.74) is 3.19. The average molecular weight is 274 g/mol. The predicted molar refractivity (Wildman–Crippen MR) is 77.3 cm³/mol. The Kier molecular flexibility index (Phi) is 3.71. The van der Waals surface area contributed by atoms with Crippen molar-refractivity contribution >= 4 is 18.4 Å². The number of nitrogens with one attached hydrogen (secondary N) is 1. The van der Waals surface area contributed by atoms with Crippen molar-refractivity contribution in [3.63, 3.8) is 0 Å². The number of aryl methyl sites for hydroxylation is 3. The summed E-state index contributed by atoms with van der Waals surface area (Å²) in [6, 6.07) is 6.05. The largest absolute Gasteiger partial charge is 0.296 e. The Balaban J connectivity index is 2.50. The predicted octanol–water partition coefficient (Wildman–Crippen LogP) is 2.11. The van der Waals surface area contributed by atoms with Crippen LogP contribution >= 0.6 is 12.2 Å². The minimum Gasteiger partial charge on any atom is -0.265 e. The Morgan fingerprint density at radius 3 is 2.84 bits per heavy atom. The van der Waals surface area contributed by atoms with Crippen LogP contribution in [0.1, 0.15) is 22.4 Å². The zero-order valence-corrected chi connectivity index (χ0v) is 11.8. The number of aromatic amines is 1. The fourth-order valence-corrected chi connectivity index (χ4v) is 1.77. The summed E-state index contributed by atoms with van der Waals surface area (Å²) in [6.07, 6.45) is 1.63. The van der Waals surface area contributed by atoms with Crippen LogP contribution in [-0.4, -0.2) is 21.1 Å². The van der Waals surface area contributed by atoms with Gasteiger partial charge in [-0.3, -0.25) is 9.89 Å². The van der Waals surface area contributed by atoms with E-state index >= 15 is 0 Å². The van der Waals surface area contributed by atoms with Gasteiger partial charge in [0.15, 0.2) is 0 Å². The lowest BCUT2D eigenvalue weighted by Gasteiger charge is -2.02. The summed E-state index contributed by atoms with van der Waals surface area (Å²) in [5.74, 6) is 0. The van der Waals surface area contributed by atoms with Crippen molar-refractivity contribution in [3.8, 4) is 0 Å². The molecule has 5 nitrogen and oxygen atoms in total. The molecule has 0 aliphatic carbocycles. The monoisotopic (exact) mass is 274 g/mol. The zero-order chi connectivity index (χ0) is 14.0. The maximum absolute atomic E-state index is 11.9. The fraction of sp³-hybridized carbons (Fsp3) is 0.231. The van der Waals surface area contributed by atoms with Gasteiger partial charge in [0.1, 0.15) is 5.69 Å². The van der Waals surface area contributed by atoms with E-state index < -0.39 is 0 Å². The highest BCUT2D eigenvalue weighted by molar-refractivity contribution is 7.71. The van der Waals surface area contributed by atoms with Crippen molar-refractivity contribution < 1.29 is 0 Å². The van der Waals surface area contributed by atoms with E-state index in [0.29, 0.717) is 5.69 Å². The standard InChI is InChI=1S/C13H14N4OS/c1-8-4-5-9(2)11(6-8)7-14-17-12(18)10(3)15-16-13(17)19/h4-7H,1-3H3,(H,16,19). The minimum absolute atomic E-state index is 0.178. The maximum atomic E-state index is 11.9. The van der Waals surface area contributed by atoms with Crippen molar-refractivity contribution in [2.75, 3.05) is 0 Å². The van der Waals surface area contributed by atoms with Crippen LogP contribution in [0, 0.1) is 25.5 Å². The van der Waals surface area contributed by atoms with Crippen LogP contribution in [0.5, 0.6) is 0 Å². The molecule has 6 heteroatoms. The van der Waals surface area contributed by atoms with Gasteiger partial charge >= 0.3 is 0 Å². The second-order valence-electron chi connectivity index (χ2n) is 4.34. The number of hydrogen-bond acceptors (Lipinski definition) is 4. The van der Waals surface area contributed by atoms with E-state index in [0.717, 1.165) is 21.4 Å². The Morgan fingerprint density at radius 1 is 1.37 bits per heavy atom. The van der Waals surface area contributed by atoms with Gasteiger partial charge in [-0.05, 0) is 44.1 Å². The molecular weight excluding hydrogens is 260 g/mol. The van der Waals surface area contributed by atoms with Crippen molar-refractivity contribution in [2.24, 2.45) is 5.10 Å². The van der Waals surface area contributed by atoms with Gasteiger partial charge in [-0.1, -0.05) is 23.8 Å². The molecule has 1 aromatic carbocycles. The van der Waals surface area contributed by atoms with Gasteiger partial charge in [0.25, 0.3) is 5.56 Å². The molecule has 0 fully saturated rings. The van der Waals surface area contributed by atoms with E-state index in [1.54, 1.807) is 13.1 Å². The molecule has 0 amide bonds. The fourth-order valence-electron chi connectivity index (χ4n) is 1.60. The van der Waals surface area contributed by atoms with Gasteiger partial charge in [0.2, 0.25) is 4.77 Å². The Hall–Kier alpha value is -2.08. The van der Waals surface area contributed by atoms with Crippen LogP contribution in [-0.2, 0) is 0 Å². The molecule has 0 bridgehead atoms. The molecule has 2 rings (SSSR count). The van der Waals surface area contributed by atoms with Crippen LogP contribution in [0.25, 0.3) is 0 Å². The Morgan fingerprint density at radius 2 is 2.11 bits per heavy atom. The third-order valence-electron chi connectivity index (χ3n) is 2.76. The lowest BCUT2D eigenvalue weighted by atomic mass is 10.1. The smallest absolute Gasteiger partial charge is 0.265 e. The highest BCUT2D eigenvalue weighted by Crippen LogP contribution is 2.08. The molecule has 0 atom stereocenters. The second-order valence-corrected chi connectivity index (χ2v) is 4.72. The number of nitrogens with zero attached hydrogens (tertiary/aromatic N) is 3. The summed E-state index contributed by atoms with van der Waals surface area (Å²) in [6.45, 7) is 5.60. The number of aromatic nitrogens is 3. The molecule has 1 heterocycles. The van der Waals surface area contributed by atoms with E-state index in [1.807, 2.05) is 32.0 Å². The van der Waals surface area contributed by atoms with Crippen molar-refractivity contribution in [2.45, 2.75) is 20.8 Å². The van der Waals surface area contributed by atoms with Crippen molar-refractivity contribution in [3.05, 3.63) is 55.7 Å². The van der Waals surface area contributed by atoms with Gasteiger partial charge in [0.05, 0.1) is 6.21 Å². The van der Waals surface area contributed by atoms with E-state index in [4.69, 9.17) is 12.2 Å². The molecule has 0 aliphatic heterocycles. The highest BCUT2D eigenvalue weighted by Gasteiger charge is 2.01. The van der Waals surface area contributed by atoms with E-state index in [-0.39, 0.29) is 10.3 Å². The van der Waals surface area contributed by atoms with Crippen molar-refractivity contribution in [1.82, 2.24) is 14.9 Å². The summed E-state index contributed by atoms with van der Waals surface area (Å²) >= 11 is 5.00. The van der Waals surface area contributed by atoms with Gasteiger partial charge in [-0.25, -0.2) is 0 Å². The van der Waals surface area contributed by atoms with E-state index in [1.165, 1.54) is 0 Å². The lowest BCUT2D eigenvalue weighted by molar-refractivity contribution is 0.720. The summed E-state index contributed by atoms with van der Waals surface area (Å²) in [4.78, 5) is 11.9. The van der Waals surface area contributed by atoms with Gasteiger partial charge in [-0.2, -0.15) is 14.9 Å². The molecule has 0 aliphatic rings. The molecule has 0 saturated carbocycles. The normalized spacial score (nSPS) is 11.1. The Bertz CT molecular complexity index is 758. The second kappa shape index (κ2) is 5.27. The molecule has 0 saturated heterocycles. The highest BCUT2D eigenvalue weighted by atomic mass is 32.1. The molecule has 1 aromatic heterocycles. The number of rotatable bonds is 2. The molecule has 1 N–H and O–H groups in total. The van der Waals surface area contributed by atoms with Crippen LogP contribution in [0.15, 0.2) is 28.1 Å². The van der Waals surface area contributed by atoms with E-state index in [2.05, 4.69) is 15.3 Å². The molecule has 0 radical (unpaired) electrons. The first-order valence-electron chi connectivity index (χ1n) is 5.79. The van der Waals surface area contributed by atoms with E-state index in [9.17, 15) is 4.79 Å².